The standard InChI is InChI=1S/C27H20BrF/c1-4-5-6-22-21-12-9-18(29)15-25(21)27(26(22)28)23-13-16(2)7-10-19(23)20-11-8-17(3)14-24(20)27/h4-15H,1H2,2-3H3/b6-5-. The number of benzene rings is 3. The summed E-state index contributed by atoms with van der Waals surface area (Å²) in [7, 11) is 0. The molecule has 0 heterocycles. The number of hydrogen-bond acceptors (Lipinski definition) is 0. The molecule has 0 N–H and O–H groups in total. The Morgan fingerprint density at radius 3 is 1.97 bits per heavy atom. The molecule has 0 aliphatic heterocycles. The van der Waals surface area contributed by atoms with Crippen molar-refractivity contribution in [3.63, 3.8) is 0 Å². The highest BCUT2D eigenvalue weighted by molar-refractivity contribution is 9.12. The summed E-state index contributed by atoms with van der Waals surface area (Å²) in [6, 6.07) is 18.3. The topological polar surface area (TPSA) is 0 Å². The van der Waals surface area contributed by atoms with Crippen molar-refractivity contribution >= 4 is 21.5 Å². The van der Waals surface area contributed by atoms with E-state index in [1.807, 2.05) is 12.1 Å². The van der Waals surface area contributed by atoms with Crippen molar-refractivity contribution in [3.05, 3.63) is 123 Å². The third-order valence-electron chi connectivity index (χ3n) is 6.09. The highest BCUT2D eigenvalue weighted by Gasteiger charge is 2.52. The molecular formula is C27H20BrF. The number of fused-ring (bicyclic) bond motifs is 7. The third-order valence-corrected chi connectivity index (χ3v) is 7.11. The molecule has 3 aromatic carbocycles. The summed E-state index contributed by atoms with van der Waals surface area (Å²) in [4.78, 5) is 0. The molecule has 0 unspecified atom stereocenters. The van der Waals surface area contributed by atoms with Crippen LogP contribution in [-0.2, 0) is 5.41 Å². The zero-order valence-corrected chi connectivity index (χ0v) is 18.0. The van der Waals surface area contributed by atoms with Crippen molar-refractivity contribution in [3.8, 4) is 11.1 Å². The van der Waals surface area contributed by atoms with Gasteiger partial charge in [0.2, 0.25) is 0 Å². The normalized spacial score (nSPS) is 15.7. The molecule has 0 nitrogen and oxygen atoms in total. The van der Waals surface area contributed by atoms with Gasteiger partial charge in [-0.15, -0.1) is 0 Å². The minimum atomic E-state index is -0.541. The molecule has 0 amide bonds. The molecule has 0 aromatic heterocycles. The van der Waals surface area contributed by atoms with Gasteiger partial charge in [0, 0.05) is 4.48 Å². The van der Waals surface area contributed by atoms with E-state index >= 15 is 0 Å². The van der Waals surface area contributed by atoms with Gasteiger partial charge in [-0.05, 0) is 64.9 Å². The lowest BCUT2D eigenvalue weighted by Crippen LogP contribution is -2.25. The van der Waals surface area contributed by atoms with Gasteiger partial charge in [-0.3, -0.25) is 0 Å². The molecular weight excluding hydrogens is 423 g/mol. The first kappa shape index (κ1) is 18.3. The Morgan fingerprint density at radius 1 is 0.828 bits per heavy atom. The number of halogens is 2. The van der Waals surface area contributed by atoms with E-state index in [1.165, 1.54) is 33.4 Å². The molecule has 3 aromatic rings. The number of aryl methyl sites for hydroxylation is 2. The molecule has 5 rings (SSSR count). The van der Waals surface area contributed by atoms with Gasteiger partial charge in [0.1, 0.15) is 5.82 Å². The van der Waals surface area contributed by atoms with Crippen molar-refractivity contribution in [1.29, 1.82) is 0 Å². The van der Waals surface area contributed by atoms with Crippen LogP contribution in [0.15, 0.2) is 83.9 Å². The number of hydrogen-bond donors (Lipinski definition) is 0. The summed E-state index contributed by atoms with van der Waals surface area (Å²) in [5.41, 5.74) is 9.81. The van der Waals surface area contributed by atoms with Crippen LogP contribution in [0.5, 0.6) is 0 Å². The molecule has 1 spiro atoms. The van der Waals surface area contributed by atoms with Gasteiger partial charge in [-0.1, -0.05) is 94.3 Å². The molecule has 142 valence electrons. The molecule has 0 saturated carbocycles. The third kappa shape index (κ3) is 2.36. The second-order valence-corrected chi connectivity index (χ2v) is 8.65. The van der Waals surface area contributed by atoms with E-state index in [4.69, 9.17) is 0 Å². The maximum atomic E-state index is 14.5. The van der Waals surface area contributed by atoms with Gasteiger partial charge in [0.05, 0.1) is 5.41 Å². The zero-order chi connectivity index (χ0) is 20.3. The van der Waals surface area contributed by atoms with Crippen molar-refractivity contribution in [2.24, 2.45) is 0 Å². The Balaban J connectivity index is 1.99. The molecule has 2 aliphatic rings. The fraction of sp³-hybridized carbons (Fsp3) is 0.111. The maximum Gasteiger partial charge on any atom is 0.123 e. The van der Waals surface area contributed by atoms with Crippen molar-refractivity contribution in [1.82, 2.24) is 0 Å². The molecule has 2 heteroatoms. The molecule has 0 atom stereocenters. The van der Waals surface area contributed by atoms with Gasteiger partial charge < -0.3 is 0 Å². The van der Waals surface area contributed by atoms with Gasteiger partial charge >= 0.3 is 0 Å². The highest BCUT2D eigenvalue weighted by Crippen LogP contribution is 2.63. The lowest BCUT2D eigenvalue weighted by molar-refractivity contribution is 0.622. The van der Waals surface area contributed by atoms with E-state index in [-0.39, 0.29) is 5.82 Å². The predicted molar refractivity (Wildman–Crippen MR) is 123 cm³/mol. The SMILES string of the molecule is C=C/C=C\C1=C(Br)C2(c3cc(F)ccc31)c1cc(C)ccc1-c1ccc(C)cc12. The average molecular weight is 443 g/mol. The quantitative estimate of drug-likeness (QED) is 0.358. The maximum absolute atomic E-state index is 14.5. The molecule has 0 bridgehead atoms. The van der Waals surface area contributed by atoms with Crippen LogP contribution in [0.1, 0.15) is 33.4 Å². The second kappa shape index (κ2) is 6.40. The first-order valence-electron chi connectivity index (χ1n) is 9.71. The van der Waals surface area contributed by atoms with E-state index in [1.54, 1.807) is 18.2 Å². The Kier molecular flexibility index (Phi) is 4.04. The molecule has 0 fully saturated rings. The van der Waals surface area contributed by atoms with Crippen LogP contribution in [0.25, 0.3) is 16.7 Å². The molecule has 2 aliphatic carbocycles. The Labute approximate surface area is 179 Å². The van der Waals surface area contributed by atoms with Crippen LogP contribution in [0, 0.1) is 19.7 Å². The Morgan fingerprint density at radius 2 is 1.38 bits per heavy atom. The van der Waals surface area contributed by atoms with Gasteiger partial charge in [0.25, 0.3) is 0 Å². The van der Waals surface area contributed by atoms with Crippen LogP contribution in [-0.4, -0.2) is 0 Å². The monoisotopic (exact) mass is 442 g/mol. The van der Waals surface area contributed by atoms with Gasteiger partial charge in [-0.25, -0.2) is 4.39 Å². The summed E-state index contributed by atoms with van der Waals surface area (Å²) in [5, 5.41) is 0. The predicted octanol–water partition coefficient (Wildman–Crippen LogP) is 7.62. The van der Waals surface area contributed by atoms with Crippen LogP contribution < -0.4 is 0 Å². The zero-order valence-electron chi connectivity index (χ0n) is 16.4. The van der Waals surface area contributed by atoms with Crippen LogP contribution in [0.3, 0.4) is 0 Å². The smallest absolute Gasteiger partial charge is 0.123 e. The summed E-state index contributed by atoms with van der Waals surface area (Å²) in [6.07, 6.45) is 5.77. The van der Waals surface area contributed by atoms with E-state index in [0.29, 0.717) is 0 Å². The molecule has 0 saturated heterocycles. The fourth-order valence-corrected chi connectivity index (χ4v) is 5.89. The summed E-state index contributed by atoms with van der Waals surface area (Å²) < 4.78 is 15.6. The highest BCUT2D eigenvalue weighted by atomic mass is 79.9. The molecule has 0 radical (unpaired) electrons. The van der Waals surface area contributed by atoms with Crippen molar-refractivity contribution < 1.29 is 4.39 Å². The summed E-state index contributed by atoms with van der Waals surface area (Å²) in [6.45, 7) is 8.04. The minimum Gasteiger partial charge on any atom is -0.207 e. The fourth-order valence-electron chi connectivity index (χ4n) is 4.91. The van der Waals surface area contributed by atoms with Gasteiger partial charge in [-0.2, -0.15) is 0 Å². The van der Waals surface area contributed by atoms with Crippen LogP contribution in [0.4, 0.5) is 4.39 Å². The summed E-state index contributed by atoms with van der Waals surface area (Å²) >= 11 is 3.98. The lowest BCUT2D eigenvalue weighted by Gasteiger charge is -2.30. The second-order valence-electron chi connectivity index (χ2n) is 7.86. The first-order valence-corrected chi connectivity index (χ1v) is 10.5. The van der Waals surface area contributed by atoms with Crippen LogP contribution >= 0.6 is 15.9 Å². The first-order chi connectivity index (χ1) is 14.0. The van der Waals surface area contributed by atoms with E-state index in [9.17, 15) is 4.39 Å². The van der Waals surface area contributed by atoms with Crippen molar-refractivity contribution in [2.75, 3.05) is 0 Å². The average Bonchev–Trinajstić information content (AvgIpc) is 3.11. The summed E-state index contributed by atoms with van der Waals surface area (Å²) in [5.74, 6) is -0.215. The Bertz CT molecular complexity index is 1210. The van der Waals surface area contributed by atoms with Gasteiger partial charge in [0.15, 0.2) is 0 Å². The van der Waals surface area contributed by atoms with Crippen LogP contribution in [0.2, 0.25) is 0 Å². The molecule has 29 heavy (non-hydrogen) atoms. The van der Waals surface area contributed by atoms with E-state index in [0.717, 1.165) is 21.2 Å². The van der Waals surface area contributed by atoms with Crippen molar-refractivity contribution in [2.45, 2.75) is 19.3 Å². The number of rotatable bonds is 2. The van der Waals surface area contributed by atoms with E-state index in [2.05, 4.69) is 78.8 Å². The lowest BCUT2D eigenvalue weighted by atomic mass is 9.73. The number of allylic oxidation sites excluding steroid dienone is 5. The minimum absolute atomic E-state index is 0.215. The van der Waals surface area contributed by atoms with E-state index < -0.39 is 5.41 Å². The Hall–Kier alpha value is -2.71. The largest absolute Gasteiger partial charge is 0.207 e.